The number of carbonyl (C=O) groups excluding carboxylic acids is 1. The van der Waals surface area contributed by atoms with Crippen molar-refractivity contribution in [3.63, 3.8) is 0 Å². The topological polar surface area (TPSA) is 94.0 Å². The predicted octanol–water partition coefficient (Wildman–Crippen LogP) is 3.35. The second kappa shape index (κ2) is 8.26. The lowest BCUT2D eigenvalue weighted by Gasteiger charge is -2.12. The molecular formula is C19H21ClN6O2. The second-order valence-electron chi connectivity index (χ2n) is 6.23. The number of aryl methyl sites for hydroxylation is 2. The van der Waals surface area contributed by atoms with Crippen LogP contribution in [0.4, 0.5) is 11.5 Å². The number of anilines is 2. The van der Waals surface area contributed by atoms with Gasteiger partial charge in [-0.25, -0.2) is 9.97 Å². The summed E-state index contributed by atoms with van der Waals surface area (Å²) in [4.78, 5) is 21.0. The van der Waals surface area contributed by atoms with E-state index >= 15 is 0 Å². The lowest BCUT2D eigenvalue weighted by molar-refractivity contribution is 0.102. The average Bonchev–Trinajstić information content (AvgIpc) is 2.92. The van der Waals surface area contributed by atoms with Gasteiger partial charge >= 0.3 is 0 Å². The summed E-state index contributed by atoms with van der Waals surface area (Å²) < 4.78 is 6.88. The molecule has 2 N–H and O–H groups in total. The van der Waals surface area contributed by atoms with E-state index in [9.17, 15) is 4.79 Å². The summed E-state index contributed by atoms with van der Waals surface area (Å²) in [6, 6.07) is 5.48. The molecule has 0 spiro atoms. The Morgan fingerprint density at radius 2 is 2.11 bits per heavy atom. The van der Waals surface area contributed by atoms with E-state index in [2.05, 4.69) is 25.7 Å². The summed E-state index contributed by atoms with van der Waals surface area (Å²) in [5.74, 6) is 0.725. The molecule has 3 rings (SSSR count). The van der Waals surface area contributed by atoms with E-state index in [0.717, 1.165) is 17.0 Å². The fraction of sp³-hybridized carbons (Fsp3) is 0.263. The van der Waals surface area contributed by atoms with Crippen LogP contribution in [0.3, 0.4) is 0 Å². The van der Waals surface area contributed by atoms with Crippen LogP contribution in [-0.4, -0.2) is 32.8 Å². The van der Waals surface area contributed by atoms with Crippen LogP contribution in [0.2, 0.25) is 5.02 Å². The molecule has 0 unspecified atom stereocenters. The number of nitrogens with one attached hydrogen (secondary N) is 2. The number of benzene rings is 1. The van der Waals surface area contributed by atoms with Crippen LogP contribution in [-0.2, 0) is 13.6 Å². The van der Waals surface area contributed by atoms with Gasteiger partial charge in [-0.2, -0.15) is 5.10 Å². The van der Waals surface area contributed by atoms with Gasteiger partial charge in [0.1, 0.15) is 23.5 Å². The van der Waals surface area contributed by atoms with E-state index in [4.69, 9.17) is 16.3 Å². The molecule has 28 heavy (non-hydrogen) atoms. The van der Waals surface area contributed by atoms with E-state index in [-0.39, 0.29) is 5.91 Å². The number of halogens is 1. The fourth-order valence-corrected chi connectivity index (χ4v) is 3.06. The number of carbonyl (C=O) groups is 1. The van der Waals surface area contributed by atoms with Crippen LogP contribution in [0.15, 0.2) is 30.7 Å². The van der Waals surface area contributed by atoms with Gasteiger partial charge in [-0.15, -0.1) is 0 Å². The minimum atomic E-state index is -0.310. The van der Waals surface area contributed by atoms with Crippen LogP contribution < -0.4 is 15.4 Å². The number of amides is 1. The van der Waals surface area contributed by atoms with E-state index < -0.39 is 0 Å². The molecule has 9 heteroatoms. The first-order valence-electron chi connectivity index (χ1n) is 8.58. The van der Waals surface area contributed by atoms with Crippen molar-refractivity contribution >= 4 is 29.0 Å². The molecule has 2 aromatic heterocycles. The Kier molecular flexibility index (Phi) is 5.79. The average molecular weight is 401 g/mol. The standard InChI is InChI=1S/C19H21ClN6O2/c1-11-17(12(2)26(3)25-11)24-19(27)14-9-21-10-23-18(14)22-8-13-5-6-16(28-4)15(20)7-13/h5-7,9-10H,8H2,1-4H3,(H,24,27)(H,21,22,23). The Bertz CT molecular complexity index is 1020. The summed E-state index contributed by atoms with van der Waals surface area (Å²) in [5, 5.41) is 10.9. The molecule has 146 valence electrons. The quantitative estimate of drug-likeness (QED) is 0.659. The minimum absolute atomic E-state index is 0.310. The molecule has 0 atom stereocenters. The van der Waals surface area contributed by atoms with Crippen molar-refractivity contribution in [2.75, 3.05) is 17.7 Å². The van der Waals surface area contributed by atoms with Gasteiger partial charge in [0.15, 0.2) is 0 Å². The van der Waals surface area contributed by atoms with E-state index in [1.165, 1.54) is 12.5 Å². The molecule has 8 nitrogen and oxygen atoms in total. The smallest absolute Gasteiger partial charge is 0.261 e. The van der Waals surface area contributed by atoms with Crippen LogP contribution in [0.5, 0.6) is 5.75 Å². The monoisotopic (exact) mass is 400 g/mol. The molecule has 0 saturated heterocycles. The van der Waals surface area contributed by atoms with Crippen molar-refractivity contribution in [3.8, 4) is 5.75 Å². The van der Waals surface area contributed by atoms with E-state index in [1.807, 2.05) is 27.0 Å². The summed E-state index contributed by atoms with van der Waals surface area (Å²) in [5.41, 5.74) is 3.56. The number of ether oxygens (including phenoxy) is 1. The van der Waals surface area contributed by atoms with Crippen LogP contribution in [0.25, 0.3) is 0 Å². The molecule has 3 aromatic rings. The molecular weight excluding hydrogens is 380 g/mol. The van der Waals surface area contributed by atoms with E-state index in [1.54, 1.807) is 23.9 Å². The second-order valence-corrected chi connectivity index (χ2v) is 6.64. The first-order chi connectivity index (χ1) is 13.4. The first kappa shape index (κ1) is 19.6. The maximum atomic E-state index is 12.8. The predicted molar refractivity (Wildman–Crippen MR) is 108 cm³/mol. The first-order valence-corrected chi connectivity index (χ1v) is 8.96. The van der Waals surface area contributed by atoms with Gasteiger partial charge in [0.25, 0.3) is 5.91 Å². The number of nitrogens with zero attached hydrogens (tertiary/aromatic N) is 4. The minimum Gasteiger partial charge on any atom is -0.495 e. The lowest BCUT2D eigenvalue weighted by atomic mass is 10.2. The Morgan fingerprint density at radius 1 is 1.32 bits per heavy atom. The largest absolute Gasteiger partial charge is 0.495 e. The van der Waals surface area contributed by atoms with Gasteiger partial charge in [0, 0.05) is 19.8 Å². The number of methoxy groups -OCH3 is 1. The molecule has 0 radical (unpaired) electrons. The van der Waals surface area contributed by atoms with Crippen LogP contribution >= 0.6 is 11.6 Å². The molecule has 0 aliphatic heterocycles. The van der Waals surface area contributed by atoms with Crippen molar-refractivity contribution in [1.82, 2.24) is 19.7 Å². The highest BCUT2D eigenvalue weighted by molar-refractivity contribution is 6.32. The van der Waals surface area contributed by atoms with Crippen molar-refractivity contribution < 1.29 is 9.53 Å². The van der Waals surface area contributed by atoms with Gasteiger partial charge in [-0.05, 0) is 31.5 Å². The molecule has 0 aliphatic carbocycles. The highest BCUT2D eigenvalue weighted by Gasteiger charge is 2.17. The number of rotatable bonds is 6. The molecule has 1 aromatic carbocycles. The zero-order valence-electron chi connectivity index (χ0n) is 16.1. The van der Waals surface area contributed by atoms with Gasteiger partial charge in [-0.1, -0.05) is 17.7 Å². The lowest BCUT2D eigenvalue weighted by Crippen LogP contribution is -2.17. The maximum absolute atomic E-state index is 12.8. The molecule has 0 saturated carbocycles. The van der Waals surface area contributed by atoms with Gasteiger partial charge in [0.2, 0.25) is 0 Å². The Labute approximate surface area is 167 Å². The van der Waals surface area contributed by atoms with Crippen molar-refractivity contribution in [2.45, 2.75) is 20.4 Å². The van der Waals surface area contributed by atoms with Gasteiger partial charge in [0.05, 0.1) is 29.2 Å². The van der Waals surface area contributed by atoms with Gasteiger partial charge < -0.3 is 15.4 Å². The molecule has 2 heterocycles. The third-order valence-corrected chi connectivity index (χ3v) is 4.68. The fourth-order valence-electron chi connectivity index (χ4n) is 2.78. The van der Waals surface area contributed by atoms with Crippen molar-refractivity contribution in [2.24, 2.45) is 7.05 Å². The zero-order chi connectivity index (χ0) is 20.3. The summed E-state index contributed by atoms with van der Waals surface area (Å²) >= 11 is 6.16. The molecule has 0 aliphatic rings. The molecule has 0 fully saturated rings. The molecule has 1 amide bonds. The summed E-state index contributed by atoms with van der Waals surface area (Å²) in [7, 11) is 3.40. The normalized spacial score (nSPS) is 10.6. The third-order valence-electron chi connectivity index (χ3n) is 4.38. The number of hydrogen-bond donors (Lipinski definition) is 2. The SMILES string of the molecule is COc1ccc(CNc2ncncc2C(=O)Nc2c(C)nn(C)c2C)cc1Cl. The Balaban J connectivity index is 1.77. The molecule has 0 bridgehead atoms. The maximum Gasteiger partial charge on any atom is 0.261 e. The Morgan fingerprint density at radius 3 is 2.75 bits per heavy atom. The zero-order valence-corrected chi connectivity index (χ0v) is 16.8. The highest BCUT2D eigenvalue weighted by Crippen LogP contribution is 2.25. The third kappa shape index (κ3) is 4.07. The summed E-state index contributed by atoms with van der Waals surface area (Å²) in [6.07, 6.45) is 2.87. The Hall–Kier alpha value is -3.13. The van der Waals surface area contributed by atoms with Crippen LogP contribution in [0, 0.1) is 13.8 Å². The van der Waals surface area contributed by atoms with Crippen LogP contribution in [0.1, 0.15) is 27.3 Å². The number of aromatic nitrogens is 4. The highest BCUT2D eigenvalue weighted by atomic mass is 35.5. The summed E-state index contributed by atoms with van der Waals surface area (Å²) in [6.45, 7) is 4.17. The van der Waals surface area contributed by atoms with Crippen molar-refractivity contribution in [1.29, 1.82) is 0 Å². The van der Waals surface area contributed by atoms with E-state index in [0.29, 0.717) is 34.4 Å². The van der Waals surface area contributed by atoms with Crippen molar-refractivity contribution in [3.05, 3.63) is 58.3 Å². The number of hydrogen-bond acceptors (Lipinski definition) is 6. The van der Waals surface area contributed by atoms with Gasteiger partial charge in [-0.3, -0.25) is 9.48 Å².